The van der Waals surface area contributed by atoms with Gasteiger partial charge in [-0.15, -0.1) is 0 Å². The second-order valence-corrected chi connectivity index (χ2v) is 6.90. The summed E-state index contributed by atoms with van der Waals surface area (Å²) in [5.41, 5.74) is 9.49. The van der Waals surface area contributed by atoms with E-state index < -0.39 is 0 Å². The van der Waals surface area contributed by atoms with Crippen LogP contribution in [-0.2, 0) is 16.1 Å². The molecule has 0 aliphatic carbocycles. The molecular formula is C18H28N2O3. The second-order valence-electron chi connectivity index (χ2n) is 6.90. The second kappa shape index (κ2) is 7.32. The van der Waals surface area contributed by atoms with Gasteiger partial charge in [-0.2, -0.15) is 0 Å². The lowest BCUT2D eigenvalue weighted by atomic mass is 9.90. The molecule has 1 saturated heterocycles. The number of nitrogens with zero attached hydrogens (tertiary/aromatic N) is 1. The van der Waals surface area contributed by atoms with E-state index in [1.54, 1.807) is 0 Å². The van der Waals surface area contributed by atoms with Crippen LogP contribution in [0.15, 0.2) is 12.1 Å². The highest BCUT2D eigenvalue weighted by Gasteiger charge is 2.32. The Balaban J connectivity index is 2.03. The van der Waals surface area contributed by atoms with E-state index in [1.807, 2.05) is 13.8 Å². The number of hydrogen-bond acceptors (Lipinski definition) is 5. The van der Waals surface area contributed by atoms with Gasteiger partial charge in [-0.25, -0.2) is 4.79 Å². The van der Waals surface area contributed by atoms with Gasteiger partial charge in [0.05, 0.1) is 7.11 Å². The topological polar surface area (TPSA) is 64.8 Å². The lowest BCUT2D eigenvalue weighted by Gasteiger charge is -2.23. The number of rotatable bonds is 6. The third-order valence-electron chi connectivity index (χ3n) is 4.62. The van der Waals surface area contributed by atoms with Crippen LogP contribution < -0.4 is 10.5 Å². The zero-order valence-corrected chi connectivity index (χ0v) is 14.6. The Morgan fingerprint density at radius 1 is 1.35 bits per heavy atom. The number of ether oxygens (including phenoxy) is 2. The Hall–Kier alpha value is -1.59. The Morgan fingerprint density at radius 2 is 2.00 bits per heavy atom. The molecule has 1 heterocycles. The monoisotopic (exact) mass is 320 g/mol. The van der Waals surface area contributed by atoms with E-state index in [4.69, 9.17) is 10.5 Å². The summed E-state index contributed by atoms with van der Waals surface area (Å²) in [7, 11) is 1.36. The zero-order chi connectivity index (χ0) is 17.0. The van der Waals surface area contributed by atoms with Crippen LogP contribution in [0.3, 0.4) is 0 Å². The summed E-state index contributed by atoms with van der Waals surface area (Å²) in [5, 5.41) is 0. The van der Waals surface area contributed by atoms with Gasteiger partial charge >= 0.3 is 5.97 Å². The number of aryl methyl sites for hydroxylation is 2. The van der Waals surface area contributed by atoms with Crippen molar-refractivity contribution < 1.29 is 14.3 Å². The first-order chi connectivity index (χ1) is 10.9. The van der Waals surface area contributed by atoms with Crippen molar-refractivity contribution in [1.29, 1.82) is 0 Å². The first kappa shape index (κ1) is 17.8. The molecule has 23 heavy (non-hydrogen) atoms. The van der Waals surface area contributed by atoms with Gasteiger partial charge < -0.3 is 15.2 Å². The van der Waals surface area contributed by atoms with Crippen LogP contribution in [0.1, 0.15) is 30.0 Å². The fraction of sp³-hybridized carbons (Fsp3) is 0.611. The Labute approximate surface area is 138 Å². The van der Waals surface area contributed by atoms with E-state index in [1.165, 1.54) is 12.7 Å². The maximum absolute atomic E-state index is 11.2. The quantitative estimate of drug-likeness (QED) is 0.813. The molecular weight excluding hydrogens is 292 g/mol. The van der Waals surface area contributed by atoms with Crippen molar-refractivity contribution in [3.05, 3.63) is 28.8 Å². The highest BCUT2D eigenvalue weighted by Crippen LogP contribution is 2.31. The number of hydrogen-bond donors (Lipinski definition) is 1. The van der Waals surface area contributed by atoms with E-state index in [9.17, 15) is 4.79 Å². The summed E-state index contributed by atoms with van der Waals surface area (Å²) < 4.78 is 10.2. The van der Waals surface area contributed by atoms with Crippen LogP contribution in [0.5, 0.6) is 5.75 Å². The van der Waals surface area contributed by atoms with Crippen LogP contribution in [0.25, 0.3) is 0 Å². The van der Waals surface area contributed by atoms with Gasteiger partial charge in [0.1, 0.15) is 5.75 Å². The highest BCUT2D eigenvalue weighted by atomic mass is 16.6. The largest absolute Gasteiger partial charge is 0.481 e. The van der Waals surface area contributed by atoms with E-state index in [0.717, 1.165) is 49.5 Å². The van der Waals surface area contributed by atoms with E-state index in [-0.39, 0.29) is 18.0 Å². The SMILES string of the molecule is COC(=O)COc1c(C)cc(CN2CCC(C)(CN)C2)cc1C. The first-order valence-electron chi connectivity index (χ1n) is 8.09. The minimum absolute atomic E-state index is 0.0570. The van der Waals surface area contributed by atoms with Gasteiger partial charge in [0.15, 0.2) is 6.61 Å². The summed E-state index contributed by atoms with van der Waals surface area (Å²) in [6.45, 7) is 10.0. The molecule has 1 fully saturated rings. The van der Waals surface area contributed by atoms with Crippen LogP contribution in [0.4, 0.5) is 0 Å². The summed E-state index contributed by atoms with van der Waals surface area (Å²) in [6, 6.07) is 4.27. The average molecular weight is 320 g/mol. The fourth-order valence-corrected chi connectivity index (χ4v) is 3.23. The van der Waals surface area contributed by atoms with Gasteiger partial charge in [-0.1, -0.05) is 19.1 Å². The van der Waals surface area contributed by atoms with Gasteiger partial charge in [0.25, 0.3) is 0 Å². The molecule has 0 aromatic heterocycles. The van der Waals surface area contributed by atoms with Crippen molar-refractivity contribution >= 4 is 5.97 Å². The van der Waals surface area contributed by atoms with E-state index >= 15 is 0 Å². The third kappa shape index (κ3) is 4.45. The van der Waals surface area contributed by atoms with Crippen LogP contribution in [0, 0.1) is 19.3 Å². The maximum Gasteiger partial charge on any atom is 0.343 e. The Morgan fingerprint density at radius 3 is 2.52 bits per heavy atom. The first-order valence-corrected chi connectivity index (χ1v) is 8.09. The molecule has 1 aliphatic rings. The van der Waals surface area contributed by atoms with Gasteiger partial charge in [0, 0.05) is 13.1 Å². The molecule has 0 spiro atoms. The molecule has 2 rings (SSSR count). The number of methoxy groups -OCH3 is 1. The summed E-state index contributed by atoms with van der Waals surface area (Å²) in [5.74, 6) is 0.401. The number of likely N-dealkylation sites (tertiary alicyclic amines) is 1. The molecule has 1 aliphatic heterocycles. The predicted molar refractivity (Wildman–Crippen MR) is 90.5 cm³/mol. The zero-order valence-electron chi connectivity index (χ0n) is 14.6. The van der Waals surface area contributed by atoms with Crippen LogP contribution >= 0.6 is 0 Å². The Kier molecular flexibility index (Phi) is 5.65. The Bertz CT molecular complexity index is 550. The van der Waals surface area contributed by atoms with Crippen molar-refractivity contribution in [2.45, 2.75) is 33.7 Å². The average Bonchev–Trinajstić information content (AvgIpc) is 2.88. The predicted octanol–water partition coefficient (Wildman–Crippen LogP) is 2.03. The molecule has 0 bridgehead atoms. The van der Waals surface area contributed by atoms with Crippen molar-refractivity contribution in [1.82, 2.24) is 4.90 Å². The molecule has 1 aromatic rings. The maximum atomic E-state index is 11.2. The lowest BCUT2D eigenvalue weighted by Crippen LogP contribution is -2.31. The van der Waals surface area contributed by atoms with Crippen molar-refractivity contribution in [2.24, 2.45) is 11.1 Å². The minimum atomic E-state index is -0.369. The summed E-state index contributed by atoms with van der Waals surface area (Å²) in [4.78, 5) is 13.7. The molecule has 1 unspecified atom stereocenters. The molecule has 128 valence electrons. The molecule has 5 nitrogen and oxygen atoms in total. The van der Waals surface area contributed by atoms with Gasteiger partial charge in [-0.3, -0.25) is 4.90 Å². The van der Waals surface area contributed by atoms with E-state index in [2.05, 4.69) is 28.7 Å². The molecule has 5 heteroatoms. The van der Waals surface area contributed by atoms with E-state index in [0.29, 0.717) is 0 Å². The third-order valence-corrected chi connectivity index (χ3v) is 4.62. The number of benzene rings is 1. The number of nitrogens with two attached hydrogens (primary N) is 1. The molecule has 0 saturated carbocycles. The standard InChI is InChI=1S/C18H28N2O3/c1-13-7-15(9-20-6-5-18(3,11-19)12-20)8-14(2)17(13)23-10-16(21)22-4/h7-8H,5-6,9-12,19H2,1-4H3. The minimum Gasteiger partial charge on any atom is -0.481 e. The number of carbonyl (C=O) groups excluding carboxylic acids is 1. The summed E-state index contributed by atoms with van der Waals surface area (Å²) >= 11 is 0. The smallest absolute Gasteiger partial charge is 0.343 e. The van der Waals surface area contributed by atoms with Crippen LogP contribution in [-0.4, -0.2) is 44.2 Å². The van der Waals surface area contributed by atoms with Crippen molar-refractivity contribution in [3.8, 4) is 5.75 Å². The normalized spacial score (nSPS) is 21.4. The molecule has 2 N–H and O–H groups in total. The lowest BCUT2D eigenvalue weighted by molar-refractivity contribution is -0.142. The molecule has 0 radical (unpaired) electrons. The fourth-order valence-electron chi connectivity index (χ4n) is 3.23. The van der Waals surface area contributed by atoms with Crippen molar-refractivity contribution in [3.63, 3.8) is 0 Å². The van der Waals surface area contributed by atoms with Crippen molar-refractivity contribution in [2.75, 3.05) is 33.4 Å². The van der Waals surface area contributed by atoms with Crippen LogP contribution in [0.2, 0.25) is 0 Å². The molecule has 1 aromatic carbocycles. The van der Waals surface area contributed by atoms with Gasteiger partial charge in [0.2, 0.25) is 0 Å². The molecule has 0 amide bonds. The number of esters is 1. The number of carbonyl (C=O) groups is 1. The summed E-state index contributed by atoms with van der Waals surface area (Å²) in [6.07, 6.45) is 1.15. The molecule has 1 atom stereocenters. The highest BCUT2D eigenvalue weighted by molar-refractivity contribution is 5.71. The van der Waals surface area contributed by atoms with Gasteiger partial charge in [-0.05, 0) is 55.5 Å².